The van der Waals surface area contributed by atoms with Crippen LogP contribution in [0.25, 0.3) is 0 Å². The van der Waals surface area contributed by atoms with E-state index < -0.39 is 7.12 Å². The van der Waals surface area contributed by atoms with Crippen LogP contribution in [0.1, 0.15) is 39.2 Å². The summed E-state index contributed by atoms with van der Waals surface area (Å²) >= 11 is 5.97. The first kappa shape index (κ1) is 16.8. The van der Waals surface area contributed by atoms with Gasteiger partial charge in [-0.25, -0.2) is 0 Å². The second-order valence-corrected chi connectivity index (χ2v) is 6.14. The van der Waals surface area contributed by atoms with Gasteiger partial charge in [-0.2, -0.15) is 0 Å². The normalized spacial score (nSPS) is 21.9. The number of nitrogens with two attached hydrogens (primary N) is 1. The van der Waals surface area contributed by atoms with Gasteiger partial charge >= 0.3 is 7.12 Å². The fourth-order valence-corrected chi connectivity index (χ4v) is 2.11. The van der Waals surface area contributed by atoms with Crippen LogP contribution in [0, 0.1) is 0 Å². The Morgan fingerprint density at radius 2 is 1.68 bits per heavy atom. The van der Waals surface area contributed by atoms with Crippen molar-refractivity contribution in [3.8, 4) is 0 Å². The summed E-state index contributed by atoms with van der Waals surface area (Å²) in [4.78, 5) is 0. The van der Waals surface area contributed by atoms with E-state index in [1.807, 2.05) is 52.0 Å². The summed E-state index contributed by atoms with van der Waals surface area (Å²) in [5, 5.41) is 0.666. The molecule has 0 aromatic heterocycles. The zero-order chi connectivity index (χ0) is 13.6. The number of halogens is 2. The molecule has 0 bridgehead atoms. The number of hydrogen-bond donors (Lipinski definition) is 1. The molecule has 1 fully saturated rings. The van der Waals surface area contributed by atoms with Crippen molar-refractivity contribution in [2.45, 2.75) is 44.8 Å². The van der Waals surface area contributed by atoms with E-state index in [9.17, 15) is 0 Å². The van der Waals surface area contributed by atoms with Crippen LogP contribution >= 0.6 is 24.0 Å². The Bertz CT molecular complexity index is 438. The van der Waals surface area contributed by atoms with Crippen molar-refractivity contribution < 1.29 is 9.31 Å². The van der Waals surface area contributed by atoms with E-state index in [0.29, 0.717) is 5.02 Å². The molecule has 1 aliphatic heterocycles. The third-order valence-corrected chi connectivity index (χ3v) is 4.03. The van der Waals surface area contributed by atoms with E-state index in [4.69, 9.17) is 26.6 Å². The van der Waals surface area contributed by atoms with Crippen molar-refractivity contribution in [3.05, 3.63) is 34.9 Å². The molecule has 2 rings (SSSR count). The largest absolute Gasteiger partial charge is 0.480 e. The monoisotopic (exact) mass is 303 g/mol. The van der Waals surface area contributed by atoms with E-state index in [1.165, 1.54) is 0 Å². The summed E-state index contributed by atoms with van der Waals surface area (Å²) in [6.07, 6.45) is 0. The molecular formula is C13H20BCl2NO2. The summed E-state index contributed by atoms with van der Waals surface area (Å²) in [6, 6.07) is 7.48. The first-order valence-corrected chi connectivity index (χ1v) is 6.47. The maximum atomic E-state index is 6.20. The van der Waals surface area contributed by atoms with E-state index in [1.54, 1.807) is 0 Å². The fourth-order valence-electron chi connectivity index (χ4n) is 1.91. The van der Waals surface area contributed by atoms with Crippen LogP contribution in [0.3, 0.4) is 0 Å². The average molecular weight is 304 g/mol. The topological polar surface area (TPSA) is 44.5 Å². The Hall–Kier alpha value is -0.255. The zero-order valence-electron chi connectivity index (χ0n) is 11.6. The SMILES string of the molecule is CC1(C)OB(C(N)c2cccc(Cl)c2)OC1(C)C.Cl. The van der Waals surface area contributed by atoms with E-state index in [2.05, 4.69) is 0 Å². The van der Waals surface area contributed by atoms with Crippen molar-refractivity contribution in [2.75, 3.05) is 0 Å². The van der Waals surface area contributed by atoms with Gasteiger partial charge in [0.2, 0.25) is 0 Å². The van der Waals surface area contributed by atoms with E-state index in [-0.39, 0.29) is 29.6 Å². The molecule has 1 heterocycles. The minimum absolute atomic E-state index is 0. The van der Waals surface area contributed by atoms with Crippen molar-refractivity contribution >= 4 is 31.1 Å². The number of rotatable bonds is 2. The highest BCUT2D eigenvalue weighted by atomic mass is 35.5. The summed E-state index contributed by atoms with van der Waals surface area (Å²) in [5.41, 5.74) is 6.39. The standard InChI is InChI=1S/C13H19BClNO2.ClH/c1-12(2)13(3,4)18-14(17-12)11(16)9-6-5-7-10(15)8-9;/h5-8,11H,16H2,1-4H3;1H. The maximum Gasteiger partial charge on any atom is 0.480 e. The highest BCUT2D eigenvalue weighted by molar-refractivity contribution is 6.47. The molecule has 1 atom stereocenters. The number of hydrogen-bond acceptors (Lipinski definition) is 3. The summed E-state index contributed by atoms with van der Waals surface area (Å²) in [5.74, 6) is -0.343. The van der Waals surface area contributed by atoms with Crippen LogP contribution in [-0.4, -0.2) is 18.3 Å². The van der Waals surface area contributed by atoms with Gasteiger partial charge in [0.15, 0.2) is 0 Å². The Balaban J connectivity index is 0.00000180. The van der Waals surface area contributed by atoms with Crippen molar-refractivity contribution in [2.24, 2.45) is 5.73 Å². The maximum absolute atomic E-state index is 6.20. The van der Waals surface area contributed by atoms with Crippen LogP contribution < -0.4 is 5.73 Å². The molecule has 2 N–H and O–H groups in total. The minimum atomic E-state index is -0.450. The molecule has 0 saturated carbocycles. The summed E-state index contributed by atoms with van der Waals surface area (Å²) < 4.78 is 11.9. The molecule has 0 spiro atoms. The van der Waals surface area contributed by atoms with Gasteiger partial charge in [0.1, 0.15) is 0 Å². The molecule has 19 heavy (non-hydrogen) atoms. The lowest BCUT2D eigenvalue weighted by atomic mass is 9.75. The van der Waals surface area contributed by atoms with Gasteiger partial charge in [-0.3, -0.25) is 0 Å². The van der Waals surface area contributed by atoms with Gasteiger partial charge in [0.05, 0.1) is 17.1 Å². The van der Waals surface area contributed by atoms with Crippen molar-refractivity contribution in [1.82, 2.24) is 0 Å². The fraction of sp³-hybridized carbons (Fsp3) is 0.538. The van der Waals surface area contributed by atoms with E-state index >= 15 is 0 Å². The highest BCUT2D eigenvalue weighted by Crippen LogP contribution is 2.39. The van der Waals surface area contributed by atoms with Crippen molar-refractivity contribution in [1.29, 1.82) is 0 Å². The molecule has 1 aromatic rings. The first-order valence-electron chi connectivity index (χ1n) is 6.10. The van der Waals surface area contributed by atoms with Crippen LogP contribution in [0.4, 0.5) is 0 Å². The molecule has 1 saturated heterocycles. The zero-order valence-corrected chi connectivity index (χ0v) is 13.2. The third-order valence-electron chi connectivity index (χ3n) is 3.80. The molecule has 106 valence electrons. The predicted molar refractivity (Wildman–Crippen MR) is 81.7 cm³/mol. The van der Waals surface area contributed by atoms with Crippen LogP contribution in [0.15, 0.2) is 24.3 Å². The highest BCUT2D eigenvalue weighted by Gasteiger charge is 2.53. The minimum Gasteiger partial charge on any atom is -0.402 e. The van der Waals surface area contributed by atoms with Crippen LogP contribution in [0.5, 0.6) is 0 Å². The van der Waals surface area contributed by atoms with Gasteiger partial charge in [-0.15, -0.1) is 12.4 Å². The van der Waals surface area contributed by atoms with Gasteiger partial charge < -0.3 is 15.0 Å². The van der Waals surface area contributed by atoms with Crippen LogP contribution in [0.2, 0.25) is 5.02 Å². The smallest absolute Gasteiger partial charge is 0.402 e. The third kappa shape index (κ3) is 3.26. The Labute approximate surface area is 126 Å². The lowest BCUT2D eigenvalue weighted by Crippen LogP contribution is -2.41. The first-order chi connectivity index (χ1) is 8.23. The Morgan fingerprint density at radius 3 is 2.16 bits per heavy atom. The molecule has 1 aliphatic rings. The lowest BCUT2D eigenvalue weighted by molar-refractivity contribution is 0.00578. The van der Waals surface area contributed by atoms with Crippen LogP contribution in [-0.2, 0) is 9.31 Å². The summed E-state index contributed by atoms with van der Waals surface area (Å²) in [6.45, 7) is 8.05. The van der Waals surface area contributed by atoms with Gasteiger partial charge in [-0.05, 0) is 45.4 Å². The van der Waals surface area contributed by atoms with Crippen molar-refractivity contribution in [3.63, 3.8) is 0 Å². The molecule has 0 amide bonds. The Morgan fingerprint density at radius 1 is 1.16 bits per heavy atom. The van der Waals surface area contributed by atoms with Gasteiger partial charge in [0.25, 0.3) is 0 Å². The molecule has 6 heteroatoms. The molecule has 0 radical (unpaired) electrons. The van der Waals surface area contributed by atoms with E-state index in [0.717, 1.165) is 5.56 Å². The summed E-state index contributed by atoms with van der Waals surface area (Å²) in [7, 11) is -0.450. The molecular weight excluding hydrogens is 284 g/mol. The second kappa shape index (κ2) is 5.62. The molecule has 1 unspecified atom stereocenters. The second-order valence-electron chi connectivity index (χ2n) is 5.71. The molecule has 1 aromatic carbocycles. The van der Waals surface area contributed by atoms with Gasteiger partial charge in [-0.1, -0.05) is 23.7 Å². The average Bonchev–Trinajstić information content (AvgIpc) is 2.47. The Kier molecular flexibility index (Phi) is 4.97. The molecule has 0 aliphatic carbocycles. The lowest BCUT2D eigenvalue weighted by Gasteiger charge is -2.32. The number of benzene rings is 1. The predicted octanol–water partition coefficient (Wildman–Crippen LogP) is 3.39. The quantitative estimate of drug-likeness (QED) is 0.852. The van der Waals surface area contributed by atoms with Gasteiger partial charge in [0, 0.05) is 5.02 Å². The molecule has 3 nitrogen and oxygen atoms in total.